The maximum atomic E-state index is 11.4. The summed E-state index contributed by atoms with van der Waals surface area (Å²) >= 11 is 0. The zero-order valence-electron chi connectivity index (χ0n) is 18.2. The van der Waals surface area contributed by atoms with Gasteiger partial charge in [0.25, 0.3) is 0 Å². The molecular weight excluding hydrogens is 394 g/mol. The van der Waals surface area contributed by atoms with Crippen molar-refractivity contribution in [3.8, 4) is 11.3 Å². The molecule has 0 spiro atoms. The average molecular weight is 422 g/mol. The monoisotopic (exact) mass is 421 g/mol. The Morgan fingerprint density at radius 3 is 2.52 bits per heavy atom. The van der Waals surface area contributed by atoms with Gasteiger partial charge in [0.15, 0.2) is 11.5 Å². The molecular formula is C21H27N9O. The van der Waals surface area contributed by atoms with Gasteiger partial charge in [-0.2, -0.15) is 10.1 Å². The van der Waals surface area contributed by atoms with Crippen molar-refractivity contribution < 1.29 is 4.79 Å². The van der Waals surface area contributed by atoms with Gasteiger partial charge < -0.3 is 16.0 Å². The molecule has 5 rings (SSSR count). The number of aromatic nitrogens is 6. The highest BCUT2D eigenvalue weighted by molar-refractivity contribution is 5.87. The van der Waals surface area contributed by atoms with Gasteiger partial charge in [0, 0.05) is 50.6 Å². The maximum absolute atomic E-state index is 11.4. The Hall–Kier alpha value is -3.69. The van der Waals surface area contributed by atoms with Crippen molar-refractivity contribution in [2.45, 2.75) is 26.2 Å². The third-order valence-corrected chi connectivity index (χ3v) is 5.68. The van der Waals surface area contributed by atoms with Crippen LogP contribution < -0.4 is 11.1 Å². The number of anilines is 2. The van der Waals surface area contributed by atoms with Crippen LogP contribution in [0, 0.1) is 5.41 Å². The molecule has 0 aromatic carbocycles. The molecule has 10 nitrogen and oxygen atoms in total. The van der Waals surface area contributed by atoms with Gasteiger partial charge >= 0.3 is 0 Å². The number of nitrogens with two attached hydrogens (primary N) is 1. The second kappa shape index (κ2) is 7.86. The first-order valence-electron chi connectivity index (χ1n) is 10.2. The predicted molar refractivity (Wildman–Crippen MR) is 120 cm³/mol. The maximum Gasteiger partial charge on any atom is 0.240 e. The van der Waals surface area contributed by atoms with Crippen LogP contribution in [0.15, 0.2) is 36.8 Å². The SMILES string of the molecule is CN(C)C(=O)C1(C)CCC1.CNc1nc(N)nn2ccc(-c3ccn4nccc4n3)c12. The molecule has 1 aliphatic rings. The third kappa shape index (κ3) is 3.76. The number of amides is 1. The van der Waals surface area contributed by atoms with Gasteiger partial charge in [0.05, 0.1) is 11.9 Å². The molecule has 4 aromatic rings. The number of fused-ring (bicyclic) bond motifs is 2. The largest absolute Gasteiger partial charge is 0.371 e. The highest BCUT2D eigenvalue weighted by Crippen LogP contribution is 2.41. The quantitative estimate of drug-likeness (QED) is 0.521. The number of carbonyl (C=O) groups excluding carboxylic acids is 1. The molecule has 0 saturated heterocycles. The number of hydrogen-bond acceptors (Lipinski definition) is 7. The predicted octanol–water partition coefficient (Wildman–Crippen LogP) is 2.33. The molecule has 10 heteroatoms. The van der Waals surface area contributed by atoms with E-state index < -0.39 is 0 Å². The number of carbonyl (C=O) groups is 1. The molecule has 4 aromatic heterocycles. The number of nitrogen functional groups attached to an aromatic ring is 1. The minimum Gasteiger partial charge on any atom is -0.371 e. The van der Waals surface area contributed by atoms with E-state index in [9.17, 15) is 4.79 Å². The van der Waals surface area contributed by atoms with Crippen molar-refractivity contribution in [2.24, 2.45) is 5.41 Å². The Morgan fingerprint density at radius 2 is 1.90 bits per heavy atom. The molecule has 1 saturated carbocycles. The van der Waals surface area contributed by atoms with Crippen LogP contribution in [0.3, 0.4) is 0 Å². The molecule has 1 aliphatic carbocycles. The molecule has 31 heavy (non-hydrogen) atoms. The van der Waals surface area contributed by atoms with E-state index >= 15 is 0 Å². The molecule has 1 amide bonds. The summed E-state index contributed by atoms with van der Waals surface area (Å²) in [7, 11) is 5.45. The van der Waals surface area contributed by atoms with Crippen LogP contribution >= 0.6 is 0 Å². The Kier molecular flexibility index (Phi) is 5.22. The minimum absolute atomic E-state index is 0.0104. The summed E-state index contributed by atoms with van der Waals surface area (Å²) in [6.45, 7) is 2.05. The van der Waals surface area contributed by atoms with Crippen LogP contribution in [0.4, 0.5) is 11.8 Å². The van der Waals surface area contributed by atoms with Gasteiger partial charge in [-0.05, 0) is 25.0 Å². The Bertz CT molecular complexity index is 1240. The average Bonchev–Trinajstić information content (AvgIpc) is 3.37. The van der Waals surface area contributed by atoms with Gasteiger partial charge in [-0.3, -0.25) is 4.79 Å². The molecule has 0 bridgehead atoms. The molecule has 0 radical (unpaired) electrons. The highest BCUT2D eigenvalue weighted by atomic mass is 16.2. The summed E-state index contributed by atoms with van der Waals surface area (Å²) < 4.78 is 3.42. The number of nitrogens with one attached hydrogen (secondary N) is 1. The first-order chi connectivity index (χ1) is 14.8. The molecule has 162 valence electrons. The number of rotatable bonds is 3. The van der Waals surface area contributed by atoms with Gasteiger partial charge in [0.1, 0.15) is 5.52 Å². The minimum atomic E-state index is -0.0104. The highest BCUT2D eigenvalue weighted by Gasteiger charge is 2.39. The fourth-order valence-corrected chi connectivity index (χ4v) is 3.85. The normalized spacial score (nSPS) is 14.6. The van der Waals surface area contributed by atoms with Crippen LogP contribution in [0.25, 0.3) is 22.4 Å². The van der Waals surface area contributed by atoms with Crippen molar-refractivity contribution in [3.63, 3.8) is 0 Å². The van der Waals surface area contributed by atoms with Gasteiger partial charge in [-0.15, -0.1) is 5.10 Å². The van der Waals surface area contributed by atoms with E-state index in [4.69, 9.17) is 5.73 Å². The summed E-state index contributed by atoms with van der Waals surface area (Å²) in [4.78, 5) is 21.9. The van der Waals surface area contributed by atoms with Crippen molar-refractivity contribution in [1.29, 1.82) is 0 Å². The molecule has 0 atom stereocenters. The zero-order valence-corrected chi connectivity index (χ0v) is 18.2. The fraction of sp³-hybridized carbons (Fsp3) is 0.381. The lowest BCUT2D eigenvalue weighted by molar-refractivity contribution is -0.143. The molecule has 1 fully saturated rings. The van der Waals surface area contributed by atoms with Crippen LogP contribution in [0.2, 0.25) is 0 Å². The van der Waals surface area contributed by atoms with Crippen LogP contribution in [-0.2, 0) is 4.79 Å². The second-order valence-corrected chi connectivity index (χ2v) is 8.15. The number of hydrogen-bond donors (Lipinski definition) is 2. The lowest BCUT2D eigenvalue weighted by Crippen LogP contribution is -2.42. The summed E-state index contributed by atoms with van der Waals surface area (Å²) in [6, 6.07) is 5.71. The molecule has 0 unspecified atom stereocenters. The summed E-state index contributed by atoms with van der Waals surface area (Å²) in [5.41, 5.74) is 9.07. The Labute approximate surface area is 180 Å². The Morgan fingerprint density at radius 1 is 1.16 bits per heavy atom. The first-order valence-corrected chi connectivity index (χ1v) is 10.2. The van der Waals surface area contributed by atoms with E-state index in [-0.39, 0.29) is 11.4 Å². The standard InChI is InChI=1S/C13H12N8.C8H15NO/c1-15-12-11-8(3-6-21(11)19-13(14)18-12)9-4-7-20-10(17-9)2-5-16-20;1-8(5-4-6-8)7(10)9(2)3/h2-7H,1H3,(H3,14,15,18,19);4-6H2,1-3H3. The van der Waals surface area contributed by atoms with Crippen LogP contribution in [0.5, 0.6) is 0 Å². The fourth-order valence-electron chi connectivity index (χ4n) is 3.85. The summed E-state index contributed by atoms with van der Waals surface area (Å²) in [5, 5.41) is 11.4. The van der Waals surface area contributed by atoms with Gasteiger partial charge in [0.2, 0.25) is 11.9 Å². The van der Waals surface area contributed by atoms with E-state index in [0.29, 0.717) is 11.7 Å². The van der Waals surface area contributed by atoms with E-state index in [1.807, 2.05) is 44.7 Å². The van der Waals surface area contributed by atoms with E-state index in [0.717, 1.165) is 35.3 Å². The van der Waals surface area contributed by atoms with Crippen molar-refractivity contribution in [2.75, 3.05) is 32.2 Å². The van der Waals surface area contributed by atoms with Crippen molar-refractivity contribution >= 4 is 28.8 Å². The van der Waals surface area contributed by atoms with Crippen molar-refractivity contribution in [1.82, 2.24) is 34.1 Å². The number of nitrogens with zero attached hydrogens (tertiary/aromatic N) is 7. The Balaban J connectivity index is 0.000000196. The molecule has 0 aliphatic heterocycles. The van der Waals surface area contributed by atoms with Crippen LogP contribution in [-0.4, -0.2) is 61.1 Å². The third-order valence-electron chi connectivity index (χ3n) is 5.68. The van der Waals surface area contributed by atoms with Crippen molar-refractivity contribution in [3.05, 3.63) is 36.8 Å². The topological polar surface area (TPSA) is 119 Å². The molecule has 4 heterocycles. The lowest BCUT2D eigenvalue weighted by Gasteiger charge is -2.38. The van der Waals surface area contributed by atoms with E-state index in [1.54, 1.807) is 27.2 Å². The molecule has 3 N–H and O–H groups in total. The first kappa shape index (κ1) is 20.6. The van der Waals surface area contributed by atoms with Gasteiger partial charge in [-0.25, -0.2) is 14.0 Å². The summed E-state index contributed by atoms with van der Waals surface area (Å²) in [5.74, 6) is 1.17. The summed E-state index contributed by atoms with van der Waals surface area (Å²) in [6.07, 6.45) is 8.79. The van der Waals surface area contributed by atoms with E-state index in [1.165, 1.54) is 6.42 Å². The zero-order chi connectivity index (χ0) is 22.2. The smallest absolute Gasteiger partial charge is 0.240 e. The lowest BCUT2D eigenvalue weighted by atomic mass is 9.69. The van der Waals surface area contributed by atoms with E-state index in [2.05, 4.69) is 32.4 Å². The second-order valence-electron chi connectivity index (χ2n) is 8.15. The van der Waals surface area contributed by atoms with Crippen LogP contribution in [0.1, 0.15) is 26.2 Å². The van der Waals surface area contributed by atoms with Gasteiger partial charge in [-0.1, -0.05) is 13.3 Å².